The minimum atomic E-state index is -0.249. The third-order valence-corrected chi connectivity index (χ3v) is 3.39. The van der Waals surface area contributed by atoms with Crippen molar-refractivity contribution in [3.8, 4) is 5.75 Å². The topological polar surface area (TPSA) is 38.3 Å². The molecule has 0 atom stereocenters. The molecule has 19 heavy (non-hydrogen) atoms. The Hall–Kier alpha value is -1.27. The van der Waals surface area contributed by atoms with Crippen LogP contribution >= 0.6 is 34.2 Å². The number of ether oxygens (including phenoxy) is 1. The van der Waals surface area contributed by atoms with Gasteiger partial charge in [-0.25, -0.2) is 0 Å². The van der Waals surface area contributed by atoms with E-state index >= 15 is 0 Å². The number of hydrogen-bond donors (Lipinski definition) is 1. The van der Waals surface area contributed by atoms with E-state index in [0.29, 0.717) is 16.3 Å². The Morgan fingerprint density at radius 1 is 1.26 bits per heavy atom. The lowest BCUT2D eigenvalue weighted by Gasteiger charge is -2.10. The average molecular weight is 388 g/mol. The molecule has 0 spiro atoms. The molecule has 2 rings (SSSR count). The smallest absolute Gasteiger partial charge is 0.259 e. The summed E-state index contributed by atoms with van der Waals surface area (Å²) in [6.45, 7) is 0. The molecule has 1 N–H and O–H groups in total. The van der Waals surface area contributed by atoms with Gasteiger partial charge in [0, 0.05) is 14.3 Å². The van der Waals surface area contributed by atoms with Crippen LogP contribution in [0.15, 0.2) is 42.5 Å². The van der Waals surface area contributed by atoms with Gasteiger partial charge in [-0.05, 0) is 59.0 Å². The summed E-state index contributed by atoms with van der Waals surface area (Å²) in [6.07, 6.45) is 0. The molecule has 0 saturated heterocycles. The number of amides is 1. The first-order chi connectivity index (χ1) is 9.10. The molecule has 0 fully saturated rings. The van der Waals surface area contributed by atoms with Crippen molar-refractivity contribution in [2.75, 3.05) is 12.4 Å². The first-order valence-corrected chi connectivity index (χ1v) is 6.96. The van der Waals surface area contributed by atoms with Gasteiger partial charge in [-0.15, -0.1) is 0 Å². The fraction of sp³-hybridized carbons (Fsp3) is 0.0714. The summed E-state index contributed by atoms with van der Waals surface area (Å²) in [5.74, 6) is 0.244. The van der Waals surface area contributed by atoms with Gasteiger partial charge < -0.3 is 10.1 Å². The van der Waals surface area contributed by atoms with Crippen molar-refractivity contribution in [2.24, 2.45) is 0 Å². The Morgan fingerprint density at radius 2 is 2.05 bits per heavy atom. The number of hydrogen-bond acceptors (Lipinski definition) is 2. The van der Waals surface area contributed by atoms with Crippen LogP contribution in [0.3, 0.4) is 0 Å². The average Bonchev–Trinajstić information content (AvgIpc) is 2.38. The van der Waals surface area contributed by atoms with Gasteiger partial charge in [-0.2, -0.15) is 0 Å². The van der Waals surface area contributed by atoms with Gasteiger partial charge in [0.05, 0.1) is 12.7 Å². The van der Waals surface area contributed by atoms with Crippen molar-refractivity contribution in [3.05, 3.63) is 56.6 Å². The Labute approximate surface area is 130 Å². The summed E-state index contributed by atoms with van der Waals surface area (Å²) >= 11 is 8.10. The predicted octanol–water partition coefficient (Wildman–Crippen LogP) is 4.21. The highest BCUT2D eigenvalue weighted by Crippen LogP contribution is 2.24. The van der Waals surface area contributed by atoms with Gasteiger partial charge in [0.15, 0.2) is 0 Å². The summed E-state index contributed by atoms with van der Waals surface area (Å²) in [6, 6.07) is 12.5. The summed E-state index contributed by atoms with van der Waals surface area (Å²) in [5.41, 5.74) is 1.15. The maximum atomic E-state index is 12.2. The predicted molar refractivity (Wildman–Crippen MR) is 85.1 cm³/mol. The molecule has 2 aromatic carbocycles. The van der Waals surface area contributed by atoms with Crippen LogP contribution in [0, 0.1) is 3.57 Å². The molecular formula is C14H11ClINO2. The van der Waals surface area contributed by atoms with E-state index in [4.69, 9.17) is 16.3 Å². The molecule has 0 heterocycles. The fourth-order valence-electron chi connectivity index (χ4n) is 1.62. The van der Waals surface area contributed by atoms with Crippen molar-refractivity contribution in [2.45, 2.75) is 0 Å². The fourth-order valence-corrected chi connectivity index (χ4v) is 2.34. The van der Waals surface area contributed by atoms with Gasteiger partial charge in [0.25, 0.3) is 5.91 Å². The number of carbonyl (C=O) groups excluding carboxylic acids is 1. The van der Waals surface area contributed by atoms with Crippen LogP contribution < -0.4 is 10.1 Å². The molecule has 0 aliphatic rings. The lowest BCUT2D eigenvalue weighted by molar-refractivity contribution is 0.102. The number of rotatable bonds is 3. The number of methoxy groups -OCH3 is 1. The van der Waals surface area contributed by atoms with E-state index in [0.717, 1.165) is 9.26 Å². The van der Waals surface area contributed by atoms with Crippen molar-refractivity contribution in [1.29, 1.82) is 0 Å². The highest BCUT2D eigenvalue weighted by atomic mass is 127. The molecule has 0 unspecified atom stereocenters. The number of benzene rings is 2. The van der Waals surface area contributed by atoms with Crippen LogP contribution in [0.25, 0.3) is 0 Å². The summed E-state index contributed by atoms with van der Waals surface area (Å²) in [7, 11) is 1.52. The normalized spacial score (nSPS) is 10.1. The monoisotopic (exact) mass is 387 g/mol. The molecule has 0 radical (unpaired) electrons. The van der Waals surface area contributed by atoms with E-state index in [-0.39, 0.29) is 5.91 Å². The molecule has 98 valence electrons. The second-order valence-corrected chi connectivity index (χ2v) is 5.49. The first kappa shape index (κ1) is 14.1. The number of carbonyl (C=O) groups is 1. The Kier molecular flexibility index (Phi) is 4.66. The van der Waals surface area contributed by atoms with Crippen molar-refractivity contribution < 1.29 is 9.53 Å². The Balaban J connectivity index is 2.27. The van der Waals surface area contributed by atoms with E-state index in [1.165, 1.54) is 7.11 Å². The van der Waals surface area contributed by atoms with Gasteiger partial charge in [-0.1, -0.05) is 17.7 Å². The van der Waals surface area contributed by atoms with Gasteiger partial charge in [0.2, 0.25) is 0 Å². The molecule has 0 aromatic heterocycles. The first-order valence-electron chi connectivity index (χ1n) is 5.50. The quantitative estimate of drug-likeness (QED) is 0.802. The maximum absolute atomic E-state index is 12.2. The van der Waals surface area contributed by atoms with Crippen LogP contribution in [-0.2, 0) is 0 Å². The highest BCUT2D eigenvalue weighted by molar-refractivity contribution is 14.1. The van der Waals surface area contributed by atoms with Crippen LogP contribution in [0.5, 0.6) is 5.75 Å². The zero-order chi connectivity index (χ0) is 13.8. The van der Waals surface area contributed by atoms with E-state index < -0.39 is 0 Å². The molecule has 1 amide bonds. The number of nitrogens with one attached hydrogen (secondary N) is 1. The van der Waals surface area contributed by atoms with E-state index in [2.05, 4.69) is 27.9 Å². The second kappa shape index (κ2) is 6.25. The third-order valence-electron chi connectivity index (χ3n) is 2.49. The van der Waals surface area contributed by atoms with E-state index in [1.54, 1.807) is 18.2 Å². The standard InChI is InChI=1S/C14H11ClINO2/c1-19-13-6-5-9(15)7-12(13)14(18)17-11-4-2-3-10(16)8-11/h2-8H,1H3,(H,17,18). The molecular weight excluding hydrogens is 377 g/mol. The summed E-state index contributed by atoms with van der Waals surface area (Å²) in [4.78, 5) is 12.2. The SMILES string of the molecule is COc1ccc(Cl)cc1C(=O)Nc1cccc(I)c1. The van der Waals surface area contributed by atoms with Crippen LogP contribution in [0.4, 0.5) is 5.69 Å². The molecule has 0 saturated carbocycles. The van der Waals surface area contributed by atoms with Crippen LogP contribution in [0.2, 0.25) is 5.02 Å². The molecule has 2 aromatic rings. The second-order valence-electron chi connectivity index (χ2n) is 3.81. The van der Waals surface area contributed by atoms with Gasteiger partial charge in [-0.3, -0.25) is 4.79 Å². The number of anilines is 1. The van der Waals surface area contributed by atoms with Crippen molar-refractivity contribution >= 4 is 45.8 Å². The van der Waals surface area contributed by atoms with Crippen LogP contribution in [-0.4, -0.2) is 13.0 Å². The van der Waals surface area contributed by atoms with Crippen LogP contribution in [0.1, 0.15) is 10.4 Å². The number of halogens is 2. The molecule has 3 nitrogen and oxygen atoms in total. The van der Waals surface area contributed by atoms with Gasteiger partial charge in [0.1, 0.15) is 5.75 Å². The largest absolute Gasteiger partial charge is 0.496 e. The minimum Gasteiger partial charge on any atom is -0.496 e. The summed E-state index contributed by atoms with van der Waals surface area (Å²) in [5, 5.41) is 3.31. The minimum absolute atomic E-state index is 0.249. The molecule has 0 aliphatic heterocycles. The Bertz CT molecular complexity index is 616. The third kappa shape index (κ3) is 3.61. The lowest BCUT2D eigenvalue weighted by atomic mass is 10.2. The zero-order valence-corrected chi connectivity index (χ0v) is 13.0. The lowest BCUT2D eigenvalue weighted by Crippen LogP contribution is -2.13. The van der Waals surface area contributed by atoms with Crippen molar-refractivity contribution in [3.63, 3.8) is 0 Å². The zero-order valence-electron chi connectivity index (χ0n) is 10.1. The molecule has 0 aliphatic carbocycles. The Morgan fingerprint density at radius 3 is 2.74 bits per heavy atom. The molecule has 5 heteroatoms. The molecule has 0 bridgehead atoms. The van der Waals surface area contributed by atoms with E-state index in [9.17, 15) is 4.79 Å². The van der Waals surface area contributed by atoms with Gasteiger partial charge >= 0.3 is 0 Å². The van der Waals surface area contributed by atoms with E-state index in [1.807, 2.05) is 24.3 Å². The maximum Gasteiger partial charge on any atom is 0.259 e. The summed E-state index contributed by atoms with van der Waals surface area (Å²) < 4.78 is 6.21. The van der Waals surface area contributed by atoms with Crippen molar-refractivity contribution in [1.82, 2.24) is 0 Å². The highest BCUT2D eigenvalue weighted by Gasteiger charge is 2.13.